The predicted octanol–water partition coefficient (Wildman–Crippen LogP) is 5.72. The topological polar surface area (TPSA) is 37.3 Å². The normalized spacial score (nSPS) is 11.5. The van der Waals surface area contributed by atoms with Crippen LogP contribution in [0.2, 0.25) is 0 Å². The number of hydrogen-bond donors (Lipinski definition) is 1. The van der Waals surface area contributed by atoms with Crippen LogP contribution >= 0.6 is 27.3 Å². The maximum atomic E-state index is 4.57. The lowest BCUT2D eigenvalue weighted by Gasteiger charge is -2.02. The molecule has 1 heterocycles. The Kier molecular flexibility index (Phi) is 4.88. The van der Waals surface area contributed by atoms with E-state index in [1.54, 1.807) is 11.3 Å². The summed E-state index contributed by atoms with van der Waals surface area (Å²) in [5.74, 6) is 0. The van der Waals surface area contributed by atoms with Gasteiger partial charge in [-0.25, -0.2) is 4.98 Å². The van der Waals surface area contributed by atoms with Crippen molar-refractivity contribution in [1.82, 2.24) is 4.98 Å². The van der Waals surface area contributed by atoms with E-state index < -0.39 is 0 Å². The van der Waals surface area contributed by atoms with Crippen LogP contribution in [-0.4, -0.2) is 10.7 Å². The lowest BCUT2D eigenvalue weighted by molar-refractivity contribution is 1.27. The van der Waals surface area contributed by atoms with Crippen LogP contribution in [-0.2, 0) is 0 Å². The van der Waals surface area contributed by atoms with Crippen LogP contribution in [0.4, 0.5) is 5.13 Å². The number of anilines is 1. The summed E-state index contributed by atoms with van der Waals surface area (Å²) in [6.45, 7) is 4.06. The monoisotopic (exact) mass is 385 g/mol. The molecular weight excluding hydrogens is 370 g/mol. The summed E-state index contributed by atoms with van der Waals surface area (Å²) in [6.07, 6.45) is 0. The molecule has 0 fully saturated rings. The second-order valence-corrected chi connectivity index (χ2v) is 6.99. The molecule has 23 heavy (non-hydrogen) atoms. The zero-order valence-corrected chi connectivity index (χ0v) is 15.3. The van der Waals surface area contributed by atoms with Gasteiger partial charge in [0, 0.05) is 15.4 Å². The van der Waals surface area contributed by atoms with Crippen molar-refractivity contribution in [3.63, 3.8) is 0 Å². The summed E-state index contributed by atoms with van der Waals surface area (Å²) in [5.41, 5.74) is 8.38. The minimum absolute atomic E-state index is 0.786. The molecule has 1 aromatic heterocycles. The number of nitrogens with one attached hydrogen (secondary N) is 1. The molecule has 0 aliphatic carbocycles. The van der Waals surface area contributed by atoms with Crippen molar-refractivity contribution >= 4 is 38.1 Å². The first kappa shape index (κ1) is 15.9. The smallest absolute Gasteiger partial charge is 0.203 e. The number of nitrogens with zero attached hydrogens (tertiary/aromatic N) is 2. The lowest BCUT2D eigenvalue weighted by Crippen LogP contribution is -1.99. The van der Waals surface area contributed by atoms with Gasteiger partial charge in [0.2, 0.25) is 5.13 Å². The van der Waals surface area contributed by atoms with Crippen LogP contribution in [0.1, 0.15) is 18.1 Å². The summed E-state index contributed by atoms with van der Waals surface area (Å²) in [4.78, 5) is 4.57. The van der Waals surface area contributed by atoms with Crippen LogP contribution in [0.25, 0.3) is 11.3 Å². The van der Waals surface area contributed by atoms with Crippen LogP contribution in [0.3, 0.4) is 0 Å². The highest BCUT2D eigenvalue weighted by molar-refractivity contribution is 9.10. The zero-order valence-electron chi connectivity index (χ0n) is 12.9. The average Bonchev–Trinajstić information content (AvgIpc) is 3.03. The predicted molar refractivity (Wildman–Crippen MR) is 102 cm³/mol. The molecule has 5 heteroatoms. The number of benzene rings is 2. The molecule has 0 atom stereocenters. The second kappa shape index (κ2) is 7.06. The third-order valence-electron chi connectivity index (χ3n) is 3.43. The number of hydrazone groups is 1. The molecule has 3 nitrogen and oxygen atoms in total. The molecule has 0 amide bonds. The quantitative estimate of drug-likeness (QED) is 0.460. The van der Waals surface area contributed by atoms with Gasteiger partial charge in [-0.2, -0.15) is 5.10 Å². The molecule has 0 saturated heterocycles. The van der Waals surface area contributed by atoms with E-state index in [-0.39, 0.29) is 0 Å². The van der Waals surface area contributed by atoms with Crippen LogP contribution < -0.4 is 5.43 Å². The van der Waals surface area contributed by atoms with E-state index in [0.717, 1.165) is 32.1 Å². The van der Waals surface area contributed by atoms with Crippen molar-refractivity contribution in [1.29, 1.82) is 0 Å². The van der Waals surface area contributed by atoms with Crippen molar-refractivity contribution in [2.45, 2.75) is 13.8 Å². The molecule has 0 saturated carbocycles. The molecule has 0 bridgehead atoms. The Bertz CT molecular complexity index is 820. The molecule has 0 aliphatic heterocycles. The van der Waals surface area contributed by atoms with Crippen molar-refractivity contribution < 1.29 is 0 Å². The van der Waals surface area contributed by atoms with Crippen molar-refractivity contribution in [3.8, 4) is 11.3 Å². The first-order valence-electron chi connectivity index (χ1n) is 7.20. The lowest BCUT2D eigenvalue weighted by atomic mass is 10.1. The highest BCUT2D eigenvalue weighted by Gasteiger charge is 2.04. The van der Waals surface area contributed by atoms with Gasteiger partial charge in [0.05, 0.1) is 11.4 Å². The first-order valence-corrected chi connectivity index (χ1v) is 8.88. The van der Waals surface area contributed by atoms with Gasteiger partial charge in [0.1, 0.15) is 0 Å². The van der Waals surface area contributed by atoms with Gasteiger partial charge in [0.15, 0.2) is 0 Å². The SMILES string of the molecule is CC(=NNc1nc(-c2ccc(Br)cc2)cs1)c1ccc(C)cc1. The average molecular weight is 386 g/mol. The molecule has 0 spiro atoms. The molecule has 3 rings (SSSR count). The van der Waals surface area contributed by atoms with Gasteiger partial charge in [0.25, 0.3) is 0 Å². The van der Waals surface area contributed by atoms with Crippen molar-refractivity contribution in [2.24, 2.45) is 5.10 Å². The Morgan fingerprint density at radius 1 is 1.09 bits per heavy atom. The van der Waals surface area contributed by atoms with Gasteiger partial charge in [-0.05, 0) is 31.5 Å². The summed E-state index contributed by atoms with van der Waals surface area (Å²) < 4.78 is 1.06. The van der Waals surface area contributed by atoms with E-state index >= 15 is 0 Å². The summed E-state index contributed by atoms with van der Waals surface area (Å²) in [6, 6.07) is 16.4. The second-order valence-electron chi connectivity index (χ2n) is 5.22. The molecule has 116 valence electrons. The number of hydrogen-bond acceptors (Lipinski definition) is 4. The minimum Gasteiger partial charge on any atom is -0.252 e. The third kappa shape index (κ3) is 4.06. The summed E-state index contributed by atoms with van der Waals surface area (Å²) in [5, 5.41) is 7.24. The highest BCUT2D eigenvalue weighted by atomic mass is 79.9. The Balaban J connectivity index is 1.72. The van der Waals surface area contributed by atoms with Crippen LogP contribution in [0.5, 0.6) is 0 Å². The van der Waals surface area contributed by atoms with E-state index in [0.29, 0.717) is 0 Å². The fraction of sp³-hybridized carbons (Fsp3) is 0.111. The first-order chi connectivity index (χ1) is 11.1. The largest absolute Gasteiger partial charge is 0.252 e. The van der Waals surface area contributed by atoms with Gasteiger partial charge < -0.3 is 0 Å². The standard InChI is InChI=1S/C18H16BrN3S/c1-12-3-5-14(6-4-12)13(2)21-22-18-20-17(11-23-18)15-7-9-16(19)10-8-15/h3-11H,1-2H3,(H,20,22). The van der Waals surface area contributed by atoms with E-state index in [9.17, 15) is 0 Å². The number of thiazole rings is 1. The summed E-state index contributed by atoms with van der Waals surface area (Å²) in [7, 11) is 0. The Labute approximate surface area is 148 Å². The number of halogens is 1. The van der Waals surface area contributed by atoms with E-state index in [2.05, 4.69) is 62.6 Å². The molecular formula is C18H16BrN3S. The van der Waals surface area contributed by atoms with Crippen LogP contribution in [0.15, 0.2) is 63.5 Å². The van der Waals surface area contributed by atoms with E-state index in [4.69, 9.17) is 0 Å². The molecule has 3 aromatic rings. The van der Waals surface area contributed by atoms with Gasteiger partial charge in [-0.3, -0.25) is 5.43 Å². The maximum absolute atomic E-state index is 4.57. The maximum Gasteiger partial charge on any atom is 0.203 e. The molecule has 0 unspecified atom stereocenters. The minimum atomic E-state index is 0.786. The number of aromatic nitrogens is 1. The summed E-state index contributed by atoms with van der Waals surface area (Å²) >= 11 is 4.99. The molecule has 0 aliphatic rings. The molecule has 0 radical (unpaired) electrons. The van der Waals surface area contributed by atoms with E-state index in [1.165, 1.54) is 5.56 Å². The van der Waals surface area contributed by atoms with Crippen molar-refractivity contribution in [2.75, 3.05) is 5.43 Å². The van der Waals surface area contributed by atoms with Gasteiger partial charge in [-0.1, -0.05) is 57.9 Å². The molecule has 2 aromatic carbocycles. The fourth-order valence-corrected chi connectivity index (χ4v) is 3.00. The van der Waals surface area contributed by atoms with Crippen LogP contribution in [0, 0.1) is 6.92 Å². The zero-order chi connectivity index (χ0) is 16.2. The van der Waals surface area contributed by atoms with Gasteiger partial charge in [-0.15, -0.1) is 11.3 Å². The fourth-order valence-electron chi connectivity index (χ4n) is 2.07. The van der Waals surface area contributed by atoms with Gasteiger partial charge >= 0.3 is 0 Å². The number of rotatable bonds is 4. The Morgan fingerprint density at radius 3 is 2.48 bits per heavy atom. The third-order valence-corrected chi connectivity index (χ3v) is 4.71. The Morgan fingerprint density at radius 2 is 1.78 bits per heavy atom. The highest BCUT2D eigenvalue weighted by Crippen LogP contribution is 2.26. The molecule has 1 N–H and O–H groups in total. The Hall–Kier alpha value is -1.98. The van der Waals surface area contributed by atoms with E-state index in [1.807, 2.05) is 36.6 Å². The number of aryl methyl sites for hydroxylation is 1. The van der Waals surface area contributed by atoms with Crippen molar-refractivity contribution in [3.05, 3.63) is 69.5 Å².